The SMILES string of the molecule is CCCS(=O)(=O)[C@@H](C)C(=O)Nc1ccn(CCc2ccncc2)n1. The number of amides is 1. The highest BCUT2D eigenvalue weighted by molar-refractivity contribution is 7.92. The molecule has 1 atom stereocenters. The number of hydrogen-bond acceptors (Lipinski definition) is 5. The van der Waals surface area contributed by atoms with Gasteiger partial charge < -0.3 is 5.32 Å². The maximum absolute atomic E-state index is 12.1. The number of nitrogens with one attached hydrogen (secondary N) is 1. The molecule has 0 spiro atoms. The van der Waals surface area contributed by atoms with Crippen molar-refractivity contribution < 1.29 is 13.2 Å². The third kappa shape index (κ3) is 4.89. The van der Waals surface area contributed by atoms with Crippen LogP contribution in [0.15, 0.2) is 36.8 Å². The highest BCUT2D eigenvalue weighted by Gasteiger charge is 2.27. The van der Waals surface area contributed by atoms with Crippen molar-refractivity contribution in [3.8, 4) is 0 Å². The predicted octanol–water partition coefficient (Wildman–Crippen LogP) is 1.67. The molecular formula is C16H22N4O3S. The van der Waals surface area contributed by atoms with E-state index >= 15 is 0 Å². The van der Waals surface area contributed by atoms with Gasteiger partial charge in [0, 0.05) is 31.2 Å². The smallest absolute Gasteiger partial charge is 0.243 e. The van der Waals surface area contributed by atoms with E-state index < -0.39 is 21.0 Å². The molecule has 0 saturated heterocycles. The lowest BCUT2D eigenvalue weighted by Crippen LogP contribution is -2.34. The minimum atomic E-state index is -3.42. The number of aryl methyl sites for hydroxylation is 2. The normalized spacial score (nSPS) is 12.8. The van der Waals surface area contributed by atoms with Crippen molar-refractivity contribution in [3.05, 3.63) is 42.4 Å². The Balaban J connectivity index is 1.92. The molecule has 0 aliphatic rings. The van der Waals surface area contributed by atoms with Crippen LogP contribution in [0.25, 0.3) is 0 Å². The Morgan fingerprint density at radius 2 is 2.00 bits per heavy atom. The zero-order valence-electron chi connectivity index (χ0n) is 13.8. The number of rotatable bonds is 8. The van der Waals surface area contributed by atoms with Gasteiger partial charge in [-0.1, -0.05) is 6.92 Å². The van der Waals surface area contributed by atoms with E-state index in [0.717, 1.165) is 12.0 Å². The van der Waals surface area contributed by atoms with Gasteiger partial charge in [-0.25, -0.2) is 8.42 Å². The quantitative estimate of drug-likeness (QED) is 0.781. The summed E-state index contributed by atoms with van der Waals surface area (Å²) in [6.45, 7) is 3.83. The molecule has 0 aromatic carbocycles. The fourth-order valence-electron chi connectivity index (χ4n) is 2.20. The molecule has 2 aromatic rings. The van der Waals surface area contributed by atoms with Crippen molar-refractivity contribution in [1.82, 2.24) is 14.8 Å². The van der Waals surface area contributed by atoms with E-state index in [9.17, 15) is 13.2 Å². The maximum Gasteiger partial charge on any atom is 0.243 e. The fraction of sp³-hybridized carbons (Fsp3) is 0.438. The van der Waals surface area contributed by atoms with Gasteiger partial charge in [0.2, 0.25) is 5.91 Å². The Labute approximate surface area is 142 Å². The Morgan fingerprint density at radius 1 is 1.29 bits per heavy atom. The van der Waals surface area contributed by atoms with Crippen molar-refractivity contribution in [3.63, 3.8) is 0 Å². The lowest BCUT2D eigenvalue weighted by Gasteiger charge is -2.11. The van der Waals surface area contributed by atoms with Crippen LogP contribution in [0, 0.1) is 0 Å². The average molecular weight is 350 g/mol. The van der Waals surface area contributed by atoms with Gasteiger partial charge in [-0.3, -0.25) is 14.5 Å². The number of aromatic nitrogens is 3. The van der Waals surface area contributed by atoms with E-state index in [4.69, 9.17) is 0 Å². The van der Waals surface area contributed by atoms with Crippen molar-refractivity contribution in [2.24, 2.45) is 0 Å². The Bertz CT molecular complexity index is 772. The van der Waals surface area contributed by atoms with Crippen LogP contribution in [0.3, 0.4) is 0 Å². The van der Waals surface area contributed by atoms with Crippen LogP contribution >= 0.6 is 0 Å². The topological polar surface area (TPSA) is 94.0 Å². The number of pyridine rings is 1. The molecule has 2 heterocycles. The molecule has 0 bridgehead atoms. The van der Waals surface area contributed by atoms with Gasteiger partial charge in [0.1, 0.15) is 5.25 Å². The summed E-state index contributed by atoms with van der Waals surface area (Å²) in [5.74, 6) is -0.196. The molecule has 2 rings (SSSR count). The number of sulfone groups is 1. The van der Waals surface area contributed by atoms with Gasteiger partial charge in [0.25, 0.3) is 0 Å². The van der Waals surface area contributed by atoms with Crippen LogP contribution in [-0.4, -0.2) is 40.1 Å². The highest BCUT2D eigenvalue weighted by Crippen LogP contribution is 2.09. The zero-order valence-corrected chi connectivity index (χ0v) is 14.7. The molecule has 0 saturated carbocycles. The van der Waals surface area contributed by atoms with Crippen molar-refractivity contribution in [2.75, 3.05) is 11.1 Å². The molecule has 130 valence electrons. The van der Waals surface area contributed by atoms with Crippen molar-refractivity contribution >= 4 is 21.6 Å². The summed E-state index contributed by atoms with van der Waals surface area (Å²) in [4.78, 5) is 16.0. The summed E-state index contributed by atoms with van der Waals surface area (Å²) >= 11 is 0. The van der Waals surface area contributed by atoms with Gasteiger partial charge in [-0.2, -0.15) is 5.10 Å². The molecule has 0 fully saturated rings. The second-order valence-corrected chi connectivity index (χ2v) is 8.01. The number of carbonyl (C=O) groups is 1. The van der Waals surface area contributed by atoms with Crippen LogP contribution < -0.4 is 5.32 Å². The second kappa shape index (κ2) is 8.05. The highest BCUT2D eigenvalue weighted by atomic mass is 32.2. The molecular weight excluding hydrogens is 328 g/mol. The molecule has 8 heteroatoms. The predicted molar refractivity (Wildman–Crippen MR) is 92.3 cm³/mol. The van der Waals surface area contributed by atoms with E-state index in [1.807, 2.05) is 12.1 Å². The Morgan fingerprint density at radius 3 is 2.67 bits per heavy atom. The molecule has 7 nitrogen and oxygen atoms in total. The van der Waals surface area contributed by atoms with Crippen LogP contribution in [0.5, 0.6) is 0 Å². The van der Waals surface area contributed by atoms with E-state index in [0.29, 0.717) is 18.8 Å². The first-order valence-electron chi connectivity index (χ1n) is 7.87. The van der Waals surface area contributed by atoms with E-state index in [-0.39, 0.29) is 5.75 Å². The van der Waals surface area contributed by atoms with Crippen molar-refractivity contribution in [1.29, 1.82) is 0 Å². The third-order valence-corrected chi connectivity index (χ3v) is 5.94. The number of anilines is 1. The number of hydrogen-bond donors (Lipinski definition) is 1. The Kier molecular flexibility index (Phi) is 6.08. The fourth-order valence-corrected chi connectivity index (χ4v) is 3.51. The average Bonchev–Trinajstić information content (AvgIpc) is 3.00. The molecule has 2 aromatic heterocycles. The number of carbonyl (C=O) groups excluding carboxylic acids is 1. The maximum atomic E-state index is 12.1. The van der Waals surface area contributed by atoms with Crippen LogP contribution in [0.2, 0.25) is 0 Å². The van der Waals surface area contributed by atoms with E-state index in [1.54, 1.807) is 36.3 Å². The van der Waals surface area contributed by atoms with Gasteiger partial charge in [0.05, 0.1) is 5.75 Å². The summed E-state index contributed by atoms with van der Waals surface area (Å²) < 4.78 is 25.6. The lowest BCUT2D eigenvalue weighted by molar-refractivity contribution is -0.115. The third-order valence-electron chi connectivity index (χ3n) is 3.67. The minimum Gasteiger partial charge on any atom is -0.308 e. The van der Waals surface area contributed by atoms with Crippen LogP contribution in [-0.2, 0) is 27.6 Å². The first-order valence-corrected chi connectivity index (χ1v) is 9.58. The molecule has 0 aliphatic heterocycles. The minimum absolute atomic E-state index is 0.00194. The summed E-state index contributed by atoms with van der Waals surface area (Å²) in [6.07, 6.45) is 6.51. The summed E-state index contributed by atoms with van der Waals surface area (Å²) in [5.41, 5.74) is 1.14. The summed E-state index contributed by atoms with van der Waals surface area (Å²) in [5, 5.41) is 5.73. The second-order valence-electron chi connectivity index (χ2n) is 5.57. The summed E-state index contributed by atoms with van der Waals surface area (Å²) in [7, 11) is -3.42. The van der Waals surface area contributed by atoms with Crippen molar-refractivity contribution in [2.45, 2.75) is 38.5 Å². The van der Waals surface area contributed by atoms with Gasteiger partial charge in [-0.15, -0.1) is 0 Å². The first kappa shape index (κ1) is 18.1. The van der Waals surface area contributed by atoms with Crippen LogP contribution in [0.4, 0.5) is 5.82 Å². The summed E-state index contributed by atoms with van der Waals surface area (Å²) in [6, 6.07) is 5.53. The van der Waals surface area contributed by atoms with Gasteiger partial charge in [-0.05, 0) is 37.5 Å². The van der Waals surface area contributed by atoms with Gasteiger partial charge >= 0.3 is 0 Å². The molecule has 0 radical (unpaired) electrons. The van der Waals surface area contributed by atoms with E-state index in [2.05, 4.69) is 15.4 Å². The Hall–Kier alpha value is -2.22. The monoisotopic (exact) mass is 350 g/mol. The lowest BCUT2D eigenvalue weighted by atomic mass is 10.2. The largest absolute Gasteiger partial charge is 0.308 e. The standard InChI is InChI=1S/C16H22N4O3S/c1-3-12-24(22,23)13(2)16(21)18-15-7-11-20(19-15)10-6-14-4-8-17-9-5-14/h4-5,7-9,11,13H,3,6,10,12H2,1-2H3,(H,18,19,21)/t13-/m0/s1. The van der Waals surface area contributed by atoms with Crippen LogP contribution in [0.1, 0.15) is 25.8 Å². The first-order chi connectivity index (χ1) is 11.4. The van der Waals surface area contributed by atoms with Gasteiger partial charge in [0.15, 0.2) is 15.7 Å². The number of nitrogens with zero attached hydrogens (tertiary/aromatic N) is 3. The molecule has 0 unspecified atom stereocenters. The van der Waals surface area contributed by atoms with E-state index in [1.165, 1.54) is 6.92 Å². The molecule has 1 amide bonds. The molecule has 0 aliphatic carbocycles. The molecule has 24 heavy (non-hydrogen) atoms. The zero-order chi connectivity index (χ0) is 17.6. The molecule has 1 N–H and O–H groups in total.